The van der Waals surface area contributed by atoms with Gasteiger partial charge in [0.2, 0.25) is 0 Å². The molecule has 0 bridgehead atoms. The van der Waals surface area contributed by atoms with Gasteiger partial charge < -0.3 is 14.4 Å². The molecule has 6 nitrogen and oxygen atoms in total. The predicted molar refractivity (Wildman–Crippen MR) is 70.1 cm³/mol. The molecule has 21 heavy (non-hydrogen) atoms. The van der Waals surface area contributed by atoms with Gasteiger partial charge in [0.15, 0.2) is 5.82 Å². The normalized spacial score (nSPS) is 11.6. The molecular weight excluding hydrogens is 279 g/mol. The molecule has 2 aromatic rings. The van der Waals surface area contributed by atoms with E-state index in [2.05, 4.69) is 10.1 Å². The standard InChI is InChI=1S/C14H15FN2O4/c1-14(2,9-3-5-10(15)6-4-9)13-16-11(21-17-13)7-20-8-12(18)19/h3-6H,7-8H2,1-2H3,(H,18,19). The molecule has 0 saturated heterocycles. The van der Waals surface area contributed by atoms with E-state index in [1.165, 1.54) is 12.1 Å². The highest BCUT2D eigenvalue weighted by molar-refractivity contribution is 5.67. The maximum Gasteiger partial charge on any atom is 0.329 e. The molecule has 112 valence electrons. The number of halogens is 1. The van der Waals surface area contributed by atoms with Gasteiger partial charge in [-0.2, -0.15) is 4.98 Å². The van der Waals surface area contributed by atoms with Crippen molar-refractivity contribution >= 4 is 5.97 Å². The van der Waals surface area contributed by atoms with Crippen molar-refractivity contribution < 1.29 is 23.6 Å². The third kappa shape index (κ3) is 3.63. The number of hydrogen-bond donors (Lipinski definition) is 1. The molecule has 0 unspecified atom stereocenters. The van der Waals surface area contributed by atoms with Gasteiger partial charge in [0.05, 0.1) is 5.41 Å². The molecule has 7 heteroatoms. The first-order valence-corrected chi connectivity index (χ1v) is 6.28. The molecule has 0 spiro atoms. The van der Waals surface area contributed by atoms with Crippen LogP contribution in [0.3, 0.4) is 0 Å². The van der Waals surface area contributed by atoms with Crippen LogP contribution in [0.25, 0.3) is 0 Å². The summed E-state index contributed by atoms with van der Waals surface area (Å²) in [7, 11) is 0. The highest BCUT2D eigenvalue weighted by atomic mass is 19.1. The van der Waals surface area contributed by atoms with Gasteiger partial charge in [-0.25, -0.2) is 9.18 Å². The van der Waals surface area contributed by atoms with Crippen molar-refractivity contribution in [3.05, 3.63) is 47.4 Å². The fourth-order valence-corrected chi connectivity index (χ4v) is 1.79. The van der Waals surface area contributed by atoms with Gasteiger partial charge in [0.1, 0.15) is 19.0 Å². The fourth-order valence-electron chi connectivity index (χ4n) is 1.79. The molecule has 1 aromatic heterocycles. The summed E-state index contributed by atoms with van der Waals surface area (Å²) in [6.45, 7) is 3.26. The largest absolute Gasteiger partial charge is 0.480 e. The Morgan fingerprint density at radius 1 is 1.38 bits per heavy atom. The second-order valence-corrected chi connectivity index (χ2v) is 5.03. The maximum atomic E-state index is 13.0. The zero-order chi connectivity index (χ0) is 15.5. The molecule has 0 radical (unpaired) electrons. The molecule has 2 rings (SSSR count). The van der Waals surface area contributed by atoms with E-state index in [9.17, 15) is 9.18 Å². The SMILES string of the molecule is CC(C)(c1ccc(F)cc1)c1noc(COCC(=O)O)n1. The lowest BCUT2D eigenvalue weighted by atomic mass is 9.84. The van der Waals surface area contributed by atoms with Crippen LogP contribution in [-0.2, 0) is 21.6 Å². The van der Waals surface area contributed by atoms with Crippen LogP contribution < -0.4 is 0 Å². The van der Waals surface area contributed by atoms with Crippen molar-refractivity contribution in [1.29, 1.82) is 0 Å². The Kier molecular flexibility index (Phi) is 4.32. The van der Waals surface area contributed by atoms with Gasteiger partial charge in [-0.3, -0.25) is 0 Å². The first-order valence-electron chi connectivity index (χ1n) is 6.28. The Balaban J connectivity index is 2.11. The van der Waals surface area contributed by atoms with Gasteiger partial charge >= 0.3 is 5.97 Å². The van der Waals surface area contributed by atoms with E-state index in [1.54, 1.807) is 12.1 Å². The number of rotatable bonds is 6. The van der Waals surface area contributed by atoms with Crippen molar-refractivity contribution in [3.8, 4) is 0 Å². The van der Waals surface area contributed by atoms with Crippen molar-refractivity contribution in [2.75, 3.05) is 6.61 Å². The number of aromatic nitrogens is 2. The molecule has 0 atom stereocenters. The summed E-state index contributed by atoms with van der Waals surface area (Å²) < 4.78 is 22.9. The quantitative estimate of drug-likeness (QED) is 0.878. The number of aliphatic carboxylic acids is 1. The number of nitrogens with zero attached hydrogens (tertiary/aromatic N) is 2. The van der Waals surface area contributed by atoms with E-state index in [1.807, 2.05) is 13.8 Å². The summed E-state index contributed by atoms with van der Waals surface area (Å²) in [6, 6.07) is 6.06. The average Bonchev–Trinajstić information content (AvgIpc) is 2.88. The number of carbonyl (C=O) groups is 1. The smallest absolute Gasteiger partial charge is 0.329 e. The van der Waals surface area contributed by atoms with Gasteiger partial charge in [0.25, 0.3) is 5.89 Å². The Hall–Kier alpha value is -2.28. The predicted octanol–water partition coefficient (Wildman–Crippen LogP) is 2.14. The molecule has 0 aliphatic carbocycles. The lowest BCUT2D eigenvalue weighted by Crippen LogP contribution is -2.20. The molecule has 1 N–H and O–H groups in total. The number of ether oxygens (including phenoxy) is 1. The minimum atomic E-state index is -1.07. The van der Waals surface area contributed by atoms with Crippen molar-refractivity contribution in [2.45, 2.75) is 25.9 Å². The molecule has 0 aliphatic heterocycles. The van der Waals surface area contributed by atoms with E-state index in [4.69, 9.17) is 14.4 Å². The van der Waals surface area contributed by atoms with Crippen LogP contribution in [0.1, 0.15) is 31.1 Å². The van der Waals surface area contributed by atoms with Gasteiger partial charge in [-0.1, -0.05) is 17.3 Å². The number of carboxylic acid groups (broad SMARTS) is 1. The van der Waals surface area contributed by atoms with Crippen LogP contribution in [-0.4, -0.2) is 27.8 Å². The lowest BCUT2D eigenvalue weighted by Gasteiger charge is -2.20. The maximum absolute atomic E-state index is 13.0. The van der Waals surface area contributed by atoms with Crippen LogP contribution in [0.15, 0.2) is 28.8 Å². The Morgan fingerprint density at radius 3 is 2.67 bits per heavy atom. The van der Waals surface area contributed by atoms with Crippen LogP contribution in [0.5, 0.6) is 0 Å². The number of hydrogen-bond acceptors (Lipinski definition) is 5. The Bertz CT molecular complexity index is 622. The van der Waals surface area contributed by atoms with Crippen molar-refractivity contribution in [1.82, 2.24) is 10.1 Å². The van der Waals surface area contributed by atoms with Crippen LogP contribution >= 0.6 is 0 Å². The zero-order valence-corrected chi connectivity index (χ0v) is 11.7. The van der Waals surface area contributed by atoms with Gasteiger partial charge in [0, 0.05) is 0 Å². The van der Waals surface area contributed by atoms with Crippen LogP contribution in [0.4, 0.5) is 4.39 Å². The summed E-state index contributed by atoms with van der Waals surface area (Å²) in [5, 5.41) is 12.4. The summed E-state index contributed by atoms with van der Waals surface area (Å²) >= 11 is 0. The van der Waals surface area contributed by atoms with Gasteiger partial charge in [-0.15, -0.1) is 0 Å². The Labute approximate surface area is 120 Å². The molecule has 0 amide bonds. The minimum absolute atomic E-state index is 0.0706. The van der Waals surface area contributed by atoms with Crippen LogP contribution in [0, 0.1) is 5.82 Å². The van der Waals surface area contributed by atoms with Crippen LogP contribution in [0.2, 0.25) is 0 Å². The molecule has 1 aromatic carbocycles. The zero-order valence-electron chi connectivity index (χ0n) is 11.7. The summed E-state index contributed by atoms with van der Waals surface area (Å²) in [6.07, 6.45) is 0. The summed E-state index contributed by atoms with van der Waals surface area (Å²) in [5.74, 6) is -0.767. The highest BCUT2D eigenvalue weighted by Crippen LogP contribution is 2.29. The van der Waals surface area contributed by atoms with E-state index >= 15 is 0 Å². The highest BCUT2D eigenvalue weighted by Gasteiger charge is 2.29. The van der Waals surface area contributed by atoms with Crippen molar-refractivity contribution in [2.24, 2.45) is 0 Å². The monoisotopic (exact) mass is 294 g/mol. The van der Waals surface area contributed by atoms with E-state index in [-0.39, 0.29) is 18.3 Å². The summed E-state index contributed by atoms with van der Waals surface area (Å²) in [4.78, 5) is 14.5. The topological polar surface area (TPSA) is 85.5 Å². The molecule has 0 saturated carbocycles. The molecule has 0 fully saturated rings. The first kappa shape index (κ1) is 15.1. The Morgan fingerprint density at radius 2 is 2.05 bits per heavy atom. The third-order valence-electron chi connectivity index (χ3n) is 3.04. The molecule has 1 heterocycles. The molecule has 0 aliphatic rings. The molecular formula is C14H15FN2O4. The van der Waals surface area contributed by atoms with Crippen molar-refractivity contribution in [3.63, 3.8) is 0 Å². The van der Waals surface area contributed by atoms with E-state index in [0.29, 0.717) is 5.82 Å². The van der Waals surface area contributed by atoms with Gasteiger partial charge in [-0.05, 0) is 31.5 Å². The lowest BCUT2D eigenvalue weighted by molar-refractivity contribution is -0.142. The van der Waals surface area contributed by atoms with E-state index < -0.39 is 18.0 Å². The average molecular weight is 294 g/mol. The number of carboxylic acids is 1. The minimum Gasteiger partial charge on any atom is -0.480 e. The third-order valence-corrected chi connectivity index (χ3v) is 3.04. The fraction of sp³-hybridized carbons (Fsp3) is 0.357. The second kappa shape index (κ2) is 6.01. The summed E-state index contributed by atoms with van der Waals surface area (Å²) in [5.41, 5.74) is 0.269. The number of benzene rings is 1. The van der Waals surface area contributed by atoms with E-state index in [0.717, 1.165) is 5.56 Å². The first-order chi connectivity index (χ1) is 9.89. The second-order valence-electron chi connectivity index (χ2n) is 5.03.